The highest BCUT2D eigenvalue weighted by Crippen LogP contribution is 2.59. The molecule has 112 valence electrons. The van der Waals surface area contributed by atoms with E-state index in [-0.39, 0.29) is 0 Å². The van der Waals surface area contributed by atoms with Gasteiger partial charge < -0.3 is 0 Å². The lowest BCUT2D eigenvalue weighted by Crippen LogP contribution is -2.35. The lowest BCUT2D eigenvalue weighted by atomic mass is 9.56. The van der Waals surface area contributed by atoms with Crippen molar-refractivity contribution in [1.82, 2.24) is 0 Å². The molecule has 3 unspecified atom stereocenters. The molecule has 2 aliphatic carbocycles. The minimum atomic E-state index is 0.505. The highest BCUT2D eigenvalue weighted by atomic mass is 32.2. The summed E-state index contributed by atoms with van der Waals surface area (Å²) in [6.45, 7) is 4.94. The Hall–Kier alpha value is 0.360. The molecule has 1 saturated carbocycles. The third-order valence-electron chi connectivity index (χ3n) is 5.71. The van der Waals surface area contributed by atoms with Crippen molar-refractivity contribution < 1.29 is 0 Å². The van der Waals surface area contributed by atoms with E-state index in [1.165, 1.54) is 35.5 Å². The molecule has 0 nitrogen and oxygen atoms in total. The summed E-state index contributed by atoms with van der Waals surface area (Å²) in [6.07, 6.45) is 5.52. The Kier molecular flexibility index (Phi) is 3.68. The minimum absolute atomic E-state index is 0.505. The zero-order valence-electron chi connectivity index (χ0n) is 12.3. The molecule has 0 aromatic heterocycles. The number of thiol groups is 2. The maximum atomic E-state index is 4.56. The average molecular weight is 353 g/mol. The number of fused-ring (bicyclic) bond motifs is 5. The Morgan fingerprint density at radius 3 is 2.38 bits per heavy atom. The van der Waals surface area contributed by atoms with Gasteiger partial charge in [-0.05, 0) is 59.8 Å². The molecular weight excluding hydrogens is 332 g/mol. The quantitative estimate of drug-likeness (QED) is 0.502. The molecule has 21 heavy (non-hydrogen) atoms. The van der Waals surface area contributed by atoms with Crippen molar-refractivity contribution in [2.45, 2.75) is 61.2 Å². The number of hydrogen-bond acceptors (Lipinski definition) is 4. The molecule has 1 fully saturated rings. The average Bonchev–Trinajstić information content (AvgIpc) is 2.45. The third-order valence-corrected chi connectivity index (χ3v) is 9.35. The Labute approximate surface area is 146 Å². The topological polar surface area (TPSA) is 0 Å². The molecule has 2 bridgehead atoms. The molecule has 1 aromatic carbocycles. The fourth-order valence-corrected chi connectivity index (χ4v) is 6.97. The predicted octanol–water partition coefficient (Wildman–Crippen LogP) is 6.65. The van der Waals surface area contributed by atoms with Crippen LogP contribution in [0.4, 0.5) is 0 Å². The number of benzene rings is 1. The Bertz CT molecular complexity index is 648. The summed E-state index contributed by atoms with van der Waals surface area (Å²) in [6, 6.07) is 4.92. The first kappa shape index (κ1) is 14.9. The molecule has 0 saturated heterocycles. The van der Waals surface area contributed by atoms with Crippen LogP contribution in [0.25, 0.3) is 0 Å². The molecule has 1 aliphatic heterocycles. The number of rotatable bonds is 0. The predicted molar refractivity (Wildman–Crippen MR) is 101 cm³/mol. The van der Waals surface area contributed by atoms with Crippen LogP contribution in [0.15, 0.2) is 30.4 Å². The van der Waals surface area contributed by atoms with E-state index in [0.29, 0.717) is 11.3 Å². The summed E-state index contributed by atoms with van der Waals surface area (Å²) in [4.78, 5) is 2.75. The zero-order valence-corrected chi connectivity index (χ0v) is 15.8. The molecule has 0 spiro atoms. The second kappa shape index (κ2) is 5.19. The highest BCUT2D eigenvalue weighted by molar-refractivity contribution is 8.23. The van der Waals surface area contributed by atoms with Gasteiger partial charge in [0, 0.05) is 9.79 Å². The normalized spacial score (nSPS) is 34.5. The highest BCUT2D eigenvalue weighted by Gasteiger charge is 2.43. The number of hydrogen-bond donors (Lipinski definition) is 2. The van der Waals surface area contributed by atoms with Gasteiger partial charge in [0.15, 0.2) is 0 Å². The first-order chi connectivity index (χ1) is 9.98. The second-order valence-electron chi connectivity index (χ2n) is 6.91. The van der Waals surface area contributed by atoms with E-state index in [2.05, 4.69) is 51.2 Å². The molecule has 4 heteroatoms. The standard InChI is InChI=1S/C17H20S4/c1-9-11-6-13-14(21-16(19)15(18)20-13)7-12(11)10-4-3-5-17(9,2)8-10/h6-7,9-10,18-19H,3-5,8H2,1-2H3. The molecule has 1 heterocycles. The summed E-state index contributed by atoms with van der Waals surface area (Å²) in [7, 11) is 0. The van der Waals surface area contributed by atoms with Crippen LogP contribution < -0.4 is 0 Å². The van der Waals surface area contributed by atoms with Crippen LogP contribution in [0.2, 0.25) is 0 Å². The summed E-state index contributed by atoms with van der Waals surface area (Å²) >= 11 is 12.7. The molecule has 0 radical (unpaired) electrons. The smallest absolute Gasteiger partial charge is 0.0621 e. The maximum Gasteiger partial charge on any atom is 0.0621 e. The van der Waals surface area contributed by atoms with E-state index < -0.39 is 0 Å². The summed E-state index contributed by atoms with van der Waals surface area (Å²) in [5.41, 5.74) is 3.73. The maximum absolute atomic E-state index is 4.56. The van der Waals surface area contributed by atoms with Crippen molar-refractivity contribution in [3.8, 4) is 0 Å². The van der Waals surface area contributed by atoms with Gasteiger partial charge in [-0.15, -0.1) is 25.3 Å². The number of thioether (sulfide) groups is 2. The van der Waals surface area contributed by atoms with E-state index in [0.717, 1.165) is 14.4 Å². The minimum Gasteiger partial charge on any atom is -0.135 e. The van der Waals surface area contributed by atoms with Crippen LogP contribution in [0.3, 0.4) is 0 Å². The lowest BCUT2D eigenvalue weighted by Gasteiger charge is -2.49. The summed E-state index contributed by atoms with van der Waals surface area (Å²) in [5, 5.41) is 0. The second-order valence-corrected chi connectivity index (χ2v) is 10.5. The molecule has 1 aromatic rings. The van der Waals surface area contributed by atoms with Crippen LogP contribution in [0, 0.1) is 5.41 Å². The van der Waals surface area contributed by atoms with E-state index >= 15 is 0 Å². The first-order valence-electron chi connectivity index (χ1n) is 7.64. The Balaban J connectivity index is 1.85. The van der Waals surface area contributed by atoms with Gasteiger partial charge in [0.25, 0.3) is 0 Å². The molecule has 3 atom stereocenters. The summed E-state index contributed by atoms with van der Waals surface area (Å²) in [5.74, 6) is 1.44. The SMILES string of the molecule is CC1c2cc3c(cc2C2CCCC1(C)C2)SC(S)=C(S)S3. The van der Waals surface area contributed by atoms with Crippen LogP contribution in [0.5, 0.6) is 0 Å². The van der Waals surface area contributed by atoms with Crippen molar-refractivity contribution in [1.29, 1.82) is 0 Å². The third kappa shape index (κ3) is 2.32. The molecule has 4 rings (SSSR count). The monoisotopic (exact) mass is 352 g/mol. The molecule has 0 N–H and O–H groups in total. The van der Waals surface area contributed by atoms with Gasteiger partial charge in [0.2, 0.25) is 0 Å². The fourth-order valence-electron chi connectivity index (χ4n) is 4.33. The Morgan fingerprint density at radius 2 is 1.71 bits per heavy atom. The van der Waals surface area contributed by atoms with Crippen LogP contribution >= 0.6 is 48.8 Å². The van der Waals surface area contributed by atoms with E-state index in [1.807, 2.05) is 0 Å². The van der Waals surface area contributed by atoms with Gasteiger partial charge in [0.05, 0.1) is 8.47 Å². The fraction of sp³-hybridized carbons (Fsp3) is 0.529. The summed E-state index contributed by atoms with van der Waals surface area (Å²) < 4.78 is 2.07. The van der Waals surface area contributed by atoms with Gasteiger partial charge in [0.1, 0.15) is 0 Å². The lowest BCUT2D eigenvalue weighted by molar-refractivity contribution is 0.140. The van der Waals surface area contributed by atoms with Crippen LogP contribution in [-0.4, -0.2) is 0 Å². The van der Waals surface area contributed by atoms with Crippen LogP contribution in [0.1, 0.15) is 62.5 Å². The van der Waals surface area contributed by atoms with Gasteiger partial charge in [-0.2, -0.15) is 0 Å². The van der Waals surface area contributed by atoms with E-state index in [9.17, 15) is 0 Å². The Morgan fingerprint density at radius 1 is 1.10 bits per heavy atom. The van der Waals surface area contributed by atoms with Crippen molar-refractivity contribution in [2.24, 2.45) is 5.41 Å². The molecule has 0 amide bonds. The largest absolute Gasteiger partial charge is 0.135 e. The van der Waals surface area contributed by atoms with Crippen LogP contribution in [-0.2, 0) is 0 Å². The van der Waals surface area contributed by atoms with E-state index in [4.69, 9.17) is 0 Å². The van der Waals surface area contributed by atoms with Gasteiger partial charge in [-0.25, -0.2) is 0 Å². The van der Waals surface area contributed by atoms with Gasteiger partial charge >= 0.3 is 0 Å². The van der Waals surface area contributed by atoms with Crippen molar-refractivity contribution >= 4 is 48.8 Å². The van der Waals surface area contributed by atoms with Gasteiger partial charge in [-0.3, -0.25) is 0 Å². The van der Waals surface area contributed by atoms with E-state index in [1.54, 1.807) is 34.7 Å². The zero-order chi connectivity index (χ0) is 14.8. The van der Waals surface area contributed by atoms with Crippen molar-refractivity contribution in [2.75, 3.05) is 0 Å². The molecule has 3 aliphatic rings. The van der Waals surface area contributed by atoms with Gasteiger partial charge in [-0.1, -0.05) is 43.8 Å². The van der Waals surface area contributed by atoms with Crippen molar-refractivity contribution in [3.05, 3.63) is 31.7 Å². The van der Waals surface area contributed by atoms with Crippen molar-refractivity contribution in [3.63, 3.8) is 0 Å². The first-order valence-corrected chi connectivity index (χ1v) is 10.2. The molecular formula is C17H20S4.